The highest BCUT2D eigenvalue weighted by Crippen LogP contribution is 2.38. The van der Waals surface area contributed by atoms with E-state index in [1.54, 1.807) is 0 Å². The van der Waals surface area contributed by atoms with Crippen LogP contribution in [0.15, 0.2) is 54.6 Å². The maximum Gasteiger partial charge on any atom is 0.311 e. The highest BCUT2D eigenvalue weighted by Gasteiger charge is 2.30. The summed E-state index contributed by atoms with van der Waals surface area (Å²) in [5, 5.41) is 0. The van der Waals surface area contributed by atoms with Crippen molar-refractivity contribution in [3.63, 3.8) is 0 Å². The van der Waals surface area contributed by atoms with Gasteiger partial charge in [-0.3, -0.25) is 4.79 Å². The number of carbonyl (C=O) groups is 1. The maximum absolute atomic E-state index is 12.3. The van der Waals surface area contributed by atoms with Crippen LogP contribution < -0.4 is 4.74 Å². The van der Waals surface area contributed by atoms with Crippen LogP contribution in [-0.4, -0.2) is 5.97 Å². The van der Waals surface area contributed by atoms with Gasteiger partial charge < -0.3 is 4.74 Å². The number of ether oxygens (including phenoxy) is 1. The lowest BCUT2D eigenvalue weighted by molar-refractivity contribution is -0.137. The van der Waals surface area contributed by atoms with Crippen LogP contribution in [0.1, 0.15) is 53.9 Å². The summed E-state index contributed by atoms with van der Waals surface area (Å²) in [5.41, 5.74) is 2.44. The summed E-state index contributed by atoms with van der Waals surface area (Å²) in [6.45, 7) is 11.0. The van der Waals surface area contributed by atoms with Crippen molar-refractivity contribution in [1.82, 2.24) is 0 Å². The molecule has 0 atom stereocenters. The normalized spacial score (nSPS) is 12.0. The third-order valence-corrected chi connectivity index (χ3v) is 4.73. The van der Waals surface area contributed by atoms with E-state index >= 15 is 0 Å². The third kappa shape index (κ3) is 6.04. The summed E-state index contributed by atoms with van der Waals surface area (Å²) in [6, 6.07) is 17.9. The lowest BCUT2D eigenvalue weighted by Gasteiger charge is -2.33. The van der Waals surface area contributed by atoms with E-state index in [9.17, 15) is 4.79 Å². The van der Waals surface area contributed by atoms with Crippen molar-refractivity contribution in [3.05, 3.63) is 54.6 Å². The molecule has 0 aliphatic carbocycles. The Bertz CT molecular complexity index is 682. The SMILES string of the molecule is CCC(C)(C)CC(C)(C)CC(=O)Oc1ccc(-c2ccccc2)cc1. The summed E-state index contributed by atoms with van der Waals surface area (Å²) in [5.74, 6) is 0.444. The lowest BCUT2D eigenvalue weighted by atomic mass is 9.72. The molecule has 0 aliphatic heterocycles. The molecular formula is C23H30O2. The van der Waals surface area contributed by atoms with Gasteiger partial charge in [0.2, 0.25) is 0 Å². The van der Waals surface area contributed by atoms with Crippen molar-refractivity contribution in [1.29, 1.82) is 0 Å². The minimum absolute atomic E-state index is 0.0689. The number of hydrogen-bond acceptors (Lipinski definition) is 2. The van der Waals surface area contributed by atoms with E-state index in [0.29, 0.717) is 12.2 Å². The minimum atomic E-state index is -0.163. The number of benzene rings is 2. The van der Waals surface area contributed by atoms with Crippen LogP contribution in [0.2, 0.25) is 0 Å². The molecule has 0 aliphatic rings. The molecule has 0 fully saturated rings. The highest BCUT2D eigenvalue weighted by molar-refractivity contribution is 5.73. The molecule has 0 aromatic heterocycles. The Morgan fingerprint density at radius 3 is 1.96 bits per heavy atom. The number of rotatable bonds is 7. The van der Waals surface area contributed by atoms with Crippen LogP contribution >= 0.6 is 0 Å². The molecule has 0 N–H and O–H groups in total. The molecular weight excluding hydrogens is 308 g/mol. The van der Waals surface area contributed by atoms with Crippen molar-refractivity contribution in [2.75, 3.05) is 0 Å². The van der Waals surface area contributed by atoms with E-state index in [2.05, 4.69) is 46.8 Å². The van der Waals surface area contributed by atoms with Gasteiger partial charge in [0.1, 0.15) is 5.75 Å². The first-order valence-electron chi connectivity index (χ1n) is 9.07. The summed E-state index contributed by atoms with van der Waals surface area (Å²) in [7, 11) is 0. The molecule has 2 nitrogen and oxygen atoms in total. The van der Waals surface area contributed by atoms with Crippen LogP contribution in [0.5, 0.6) is 5.75 Å². The Kier molecular flexibility index (Phi) is 6.05. The van der Waals surface area contributed by atoms with Gasteiger partial charge in [0.05, 0.1) is 6.42 Å². The van der Waals surface area contributed by atoms with E-state index in [1.165, 1.54) is 0 Å². The zero-order chi connectivity index (χ0) is 18.5. The van der Waals surface area contributed by atoms with E-state index in [4.69, 9.17) is 4.74 Å². The van der Waals surface area contributed by atoms with Gasteiger partial charge in [-0.25, -0.2) is 0 Å². The fourth-order valence-electron chi connectivity index (χ4n) is 3.39. The second-order valence-electron chi connectivity index (χ2n) is 8.40. The van der Waals surface area contributed by atoms with Crippen LogP contribution in [0, 0.1) is 10.8 Å². The zero-order valence-corrected chi connectivity index (χ0v) is 16.1. The Balaban J connectivity index is 1.96. The van der Waals surface area contributed by atoms with Gasteiger partial charge >= 0.3 is 5.97 Å². The molecule has 0 saturated carbocycles. The molecule has 0 unspecified atom stereocenters. The summed E-state index contributed by atoms with van der Waals surface area (Å²) >= 11 is 0. The number of carbonyl (C=O) groups excluding carboxylic acids is 1. The molecule has 0 bridgehead atoms. The first kappa shape index (κ1) is 19.2. The quantitative estimate of drug-likeness (QED) is 0.425. The van der Waals surface area contributed by atoms with Gasteiger partial charge in [-0.15, -0.1) is 0 Å². The molecule has 2 aromatic carbocycles. The van der Waals surface area contributed by atoms with Gasteiger partial charge in [0.15, 0.2) is 0 Å². The first-order valence-corrected chi connectivity index (χ1v) is 9.07. The van der Waals surface area contributed by atoms with Gasteiger partial charge in [-0.1, -0.05) is 83.5 Å². The van der Waals surface area contributed by atoms with Gasteiger partial charge in [-0.05, 0) is 40.5 Å². The number of esters is 1. The van der Waals surface area contributed by atoms with Crippen LogP contribution in [0.25, 0.3) is 11.1 Å². The second kappa shape index (κ2) is 7.86. The molecule has 0 saturated heterocycles. The largest absolute Gasteiger partial charge is 0.427 e. The summed E-state index contributed by atoms with van der Waals surface area (Å²) < 4.78 is 5.55. The lowest BCUT2D eigenvalue weighted by Crippen LogP contribution is -2.27. The predicted octanol–water partition coefficient (Wildman–Crippen LogP) is 6.50. The molecule has 25 heavy (non-hydrogen) atoms. The van der Waals surface area contributed by atoms with Gasteiger partial charge in [-0.2, -0.15) is 0 Å². The highest BCUT2D eigenvalue weighted by atomic mass is 16.5. The average Bonchev–Trinajstić information content (AvgIpc) is 2.54. The monoisotopic (exact) mass is 338 g/mol. The van der Waals surface area contributed by atoms with Crippen molar-refractivity contribution in [2.24, 2.45) is 10.8 Å². The van der Waals surface area contributed by atoms with Crippen molar-refractivity contribution >= 4 is 5.97 Å². The Morgan fingerprint density at radius 1 is 0.840 bits per heavy atom. The molecule has 0 spiro atoms. The molecule has 0 radical (unpaired) electrons. The average molecular weight is 338 g/mol. The van der Waals surface area contributed by atoms with E-state index in [0.717, 1.165) is 24.0 Å². The Hall–Kier alpha value is -2.09. The fourth-order valence-corrected chi connectivity index (χ4v) is 3.39. The molecule has 0 heterocycles. The Labute approximate surface area is 152 Å². The third-order valence-electron chi connectivity index (χ3n) is 4.73. The van der Waals surface area contributed by atoms with Gasteiger partial charge in [0.25, 0.3) is 0 Å². The van der Waals surface area contributed by atoms with Crippen LogP contribution in [0.3, 0.4) is 0 Å². The first-order chi connectivity index (χ1) is 11.7. The molecule has 2 aromatic rings. The zero-order valence-electron chi connectivity index (χ0n) is 16.1. The topological polar surface area (TPSA) is 26.3 Å². The molecule has 2 rings (SSSR count). The summed E-state index contributed by atoms with van der Waals surface area (Å²) in [4.78, 5) is 12.3. The van der Waals surface area contributed by atoms with Crippen LogP contribution in [0.4, 0.5) is 0 Å². The fraction of sp³-hybridized carbons (Fsp3) is 0.435. The predicted molar refractivity (Wildman–Crippen MR) is 105 cm³/mol. The van der Waals surface area contributed by atoms with Crippen molar-refractivity contribution in [3.8, 4) is 16.9 Å². The van der Waals surface area contributed by atoms with E-state index < -0.39 is 0 Å². The molecule has 2 heteroatoms. The maximum atomic E-state index is 12.3. The standard InChI is InChI=1S/C23H30O2/c1-6-22(2,3)17-23(4,5)16-21(24)25-20-14-12-19(13-15-20)18-10-8-7-9-11-18/h7-15H,6,16-17H2,1-5H3. The minimum Gasteiger partial charge on any atom is -0.427 e. The van der Waals surface area contributed by atoms with E-state index in [-0.39, 0.29) is 16.8 Å². The molecule has 0 amide bonds. The van der Waals surface area contributed by atoms with Crippen LogP contribution in [-0.2, 0) is 4.79 Å². The van der Waals surface area contributed by atoms with E-state index in [1.807, 2.05) is 42.5 Å². The van der Waals surface area contributed by atoms with Gasteiger partial charge in [0, 0.05) is 0 Å². The summed E-state index contributed by atoms with van der Waals surface area (Å²) in [6.07, 6.45) is 2.53. The molecule has 134 valence electrons. The van der Waals surface area contributed by atoms with Crippen molar-refractivity contribution < 1.29 is 9.53 Å². The second-order valence-corrected chi connectivity index (χ2v) is 8.40. The Morgan fingerprint density at radius 2 is 1.40 bits per heavy atom. The van der Waals surface area contributed by atoms with Crippen molar-refractivity contribution in [2.45, 2.75) is 53.9 Å². The number of hydrogen-bond donors (Lipinski definition) is 0. The smallest absolute Gasteiger partial charge is 0.311 e.